The molecular formula is C33H38FN3O4. The summed E-state index contributed by atoms with van der Waals surface area (Å²) in [5, 5.41) is 7.32. The molecule has 3 aromatic rings. The molecule has 0 spiro atoms. The number of carbonyl (C=O) groups excluding carboxylic acids is 1. The van der Waals surface area contributed by atoms with Gasteiger partial charge >= 0.3 is 0 Å². The monoisotopic (exact) mass is 559 g/mol. The van der Waals surface area contributed by atoms with E-state index in [1.165, 1.54) is 18.1 Å². The highest BCUT2D eigenvalue weighted by molar-refractivity contribution is 6.03. The molecule has 2 aromatic carbocycles. The third-order valence-electron chi connectivity index (χ3n) is 8.71. The summed E-state index contributed by atoms with van der Waals surface area (Å²) < 4.78 is 29.6. The zero-order valence-electron chi connectivity index (χ0n) is 24.0. The van der Waals surface area contributed by atoms with Crippen molar-refractivity contribution in [1.29, 1.82) is 0 Å². The van der Waals surface area contributed by atoms with Gasteiger partial charge in [-0.15, -0.1) is 0 Å². The number of methoxy groups -OCH3 is 1. The standard InChI is InChI=1S/C33H38FN3O4/c1-20-24(7-4-8-29(20)39-3)19-37(26-14-15-26)33(38)30-27(18-25-13-16-28(30)35-25)23-11-9-22(10-12-23)6-5-17-40-32-31(34)21(2)41-36-32/h4,7-12,25-26,28,35H,5-6,13-19H2,1-3H3/t25-,28+/m1/s1. The molecule has 216 valence electrons. The minimum Gasteiger partial charge on any atom is -0.496 e. The molecule has 0 radical (unpaired) electrons. The van der Waals surface area contributed by atoms with Crippen molar-refractivity contribution in [3.63, 3.8) is 0 Å². The molecule has 3 heterocycles. The van der Waals surface area contributed by atoms with Crippen LogP contribution in [-0.2, 0) is 17.8 Å². The van der Waals surface area contributed by atoms with Gasteiger partial charge in [0.2, 0.25) is 5.82 Å². The Bertz CT molecular complexity index is 1440. The van der Waals surface area contributed by atoms with E-state index in [0.717, 1.165) is 73.0 Å². The molecule has 2 atom stereocenters. The fourth-order valence-electron chi connectivity index (χ4n) is 6.22. The summed E-state index contributed by atoms with van der Waals surface area (Å²) in [7, 11) is 1.69. The quantitative estimate of drug-likeness (QED) is 0.294. The summed E-state index contributed by atoms with van der Waals surface area (Å²) in [5.41, 5.74) is 6.65. The lowest BCUT2D eigenvalue weighted by Gasteiger charge is -2.32. The second-order valence-electron chi connectivity index (χ2n) is 11.5. The Balaban J connectivity index is 1.19. The zero-order valence-corrected chi connectivity index (χ0v) is 24.0. The lowest BCUT2D eigenvalue weighted by Crippen LogP contribution is -2.44. The van der Waals surface area contributed by atoms with Crippen LogP contribution in [0.3, 0.4) is 0 Å². The number of carbonyl (C=O) groups is 1. The van der Waals surface area contributed by atoms with Gasteiger partial charge in [-0.05, 0) is 97.8 Å². The number of nitrogens with zero attached hydrogens (tertiary/aromatic N) is 2. The smallest absolute Gasteiger partial charge is 0.290 e. The number of halogens is 1. The van der Waals surface area contributed by atoms with E-state index in [0.29, 0.717) is 25.2 Å². The number of nitrogens with one attached hydrogen (secondary N) is 1. The average molecular weight is 560 g/mol. The van der Waals surface area contributed by atoms with Gasteiger partial charge in [0.25, 0.3) is 11.8 Å². The van der Waals surface area contributed by atoms with Crippen LogP contribution in [-0.4, -0.2) is 47.8 Å². The van der Waals surface area contributed by atoms with Crippen LogP contribution in [0.2, 0.25) is 0 Å². The van der Waals surface area contributed by atoms with Crippen molar-refractivity contribution in [2.75, 3.05) is 13.7 Å². The van der Waals surface area contributed by atoms with Crippen LogP contribution in [0.1, 0.15) is 66.5 Å². The van der Waals surface area contributed by atoms with Crippen LogP contribution in [0.5, 0.6) is 11.6 Å². The maximum Gasteiger partial charge on any atom is 0.290 e. The van der Waals surface area contributed by atoms with Crippen molar-refractivity contribution in [2.24, 2.45) is 0 Å². The van der Waals surface area contributed by atoms with E-state index in [1.54, 1.807) is 7.11 Å². The van der Waals surface area contributed by atoms with Crippen LogP contribution < -0.4 is 14.8 Å². The second kappa shape index (κ2) is 11.7. The molecule has 3 aliphatic rings. The lowest BCUT2D eigenvalue weighted by atomic mass is 9.88. The van der Waals surface area contributed by atoms with Crippen LogP contribution >= 0.6 is 0 Å². The van der Waals surface area contributed by atoms with E-state index in [2.05, 4.69) is 52.6 Å². The normalized spacial score (nSPS) is 19.9. The molecule has 6 rings (SSSR count). The minimum atomic E-state index is -0.539. The van der Waals surface area contributed by atoms with Gasteiger partial charge in [0.05, 0.1) is 13.7 Å². The average Bonchev–Trinajstić information content (AvgIpc) is 3.69. The van der Waals surface area contributed by atoms with E-state index in [9.17, 15) is 9.18 Å². The molecule has 1 saturated heterocycles. The number of benzene rings is 2. The number of ether oxygens (including phenoxy) is 2. The summed E-state index contributed by atoms with van der Waals surface area (Å²) >= 11 is 0. The van der Waals surface area contributed by atoms with E-state index in [1.807, 2.05) is 12.1 Å². The molecular weight excluding hydrogens is 521 g/mol. The molecule has 8 heteroatoms. The Morgan fingerprint density at radius 2 is 1.93 bits per heavy atom. The van der Waals surface area contributed by atoms with Crippen molar-refractivity contribution < 1.29 is 23.2 Å². The van der Waals surface area contributed by atoms with Crippen molar-refractivity contribution in [1.82, 2.24) is 15.4 Å². The predicted octanol–water partition coefficient (Wildman–Crippen LogP) is 5.92. The number of amides is 1. The number of rotatable bonds is 11. The first-order valence-electron chi connectivity index (χ1n) is 14.7. The number of hydrogen-bond donors (Lipinski definition) is 1. The van der Waals surface area contributed by atoms with Crippen LogP contribution in [0, 0.1) is 19.7 Å². The first kappa shape index (κ1) is 27.5. The number of hydrogen-bond acceptors (Lipinski definition) is 6. The van der Waals surface area contributed by atoms with E-state index in [4.69, 9.17) is 14.0 Å². The fourth-order valence-corrected chi connectivity index (χ4v) is 6.22. The Morgan fingerprint density at radius 1 is 1.12 bits per heavy atom. The van der Waals surface area contributed by atoms with Gasteiger partial charge < -0.3 is 24.2 Å². The van der Waals surface area contributed by atoms with Gasteiger partial charge in [-0.3, -0.25) is 4.79 Å². The molecule has 1 amide bonds. The Morgan fingerprint density at radius 3 is 2.63 bits per heavy atom. The summed E-state index contributed by atoms with van der Waals surface area (Å²) in [4.78, 5) is 16.5. The summed E-state index contributed by atoms with van der Waals surface area (Å²) in [6.07, 6.45) is 6.59. The maximum absolute atomic E-state index is 14.3. The first-order chi connectivity index (χ1) is 19.9. The van der Waals surface area contributed by atoms with Gasteiger partial charge in [-0.1, -0.05) is 36.4 Å². The largest absolute Gasteiger partial charge is 0.496 e. The van der Waals surface area contributed by atoms with Crippen molar-refractivity contribution in [2.45, 2.75) is 83.5 Å². The minimum absolute atomic E-state index is 0.0793. The Hall–Kier alpha value is -3.65. The number of aryl methyl sites for hydroxylation is 2. The summed E-state index contributed by atoms with van der Waals surface area (Å²) in [6.45, 7) is 4.54. The summed E-state index contributed by atoms with van der Waals surface area (Å²) in [6, 6.07) is 15.5. The zero-order chi connectivity index (χ0) is 28.5. The Kier molecular flexibility index (Phi) is 7.84. The van der Waals surface area contributed by atoms with Gasteiger partial charge in [-0.25, -0.2) is 0 Å². The van der Waals surface area contributed by atoms with Gasteiger partial charge in [-0.2, -0.15) is 4.39 Å². The topological polar surface area (TPSA) is 76.8 Å². The molecule has 7 nitrogen and oxygen atoms in total. The molecule has 41 heavy (non-hydrogen) atoms. The van der Waals surface area contributed by atoms with Crippen LogP contribution in [0.15, 0.2) is 52.6 Å². The molecule has 2 fully saturated rings. The Labute approximate surface area is 240 Å². The summed E-state index contributed by atoms with van der Waals surface area (Å²) in [5.74, 6) is 0.534. The lowest BCUT2D eigenvalue weighted by molar-refractivity contribution is -0.128. The molecule has 1 saturated carbocycles. The molecule has 1 aromatic heterocycles. The molecule has 2 aliphatic heterocycles. The second-order valence-corrected chi connectivity index (χ2v) is 11.5. The van der Waals surface area contributed by atoms with E-state index < -0.39 is 5.82 Å². The highest BCUT2D eigenvalue weighted by Crippen LogP contribution is 2.40. The van der Waals surface area contributed by atoms with Crippen molar-refractivity contribution in [3.8, 4) is 11.6 Å². The van der Waals surface area contributed by atoms with Gasteiger partial charge in [0.1, 0.15) is 5.75 Å². The van der Waals surface area contributed by atoms with Gasteiger partial charge in [0, 0.05) is 30.2 Å². The van der Waals surface area contributed by atoms with Gasteiger partial charge in [0.15, 0.2) is 5.76 Å². The van der Waals surface area contributed by atoms with E-state index >= 15 is 0 Å². The highest BCUT2D eigenvalue weighted by atomic mass is 19.1. The molecule has 2 bridgehead atoms. The highest BCUT2D eigenvalue weighted by Gasteiger charge is 2.42. The SMILES string of the molecule is COc1cccc(CN(C(=O)C2=C(c3ccc(CCCOc4noc(C)c4F)cc3)C[C@H]3CC[C@@H]2N3)C2CC2)c1C. The predicted molar refractivity (Wildman–Crippen MR) is 154 cm³/mol. The van der Waals surface area contributed by atoms with Crippen molar-refractivity contribution >= 4 is 11.5 Å². The van der Waals surface area contributed by atoms with E-state index in [-0.39, 0.29) is 23.6 Å². The van der Waals surface area contributed by atoms with Crippen LogP contribution in [0.4, 0.5) is 4.39 Å². The number of fused-ring (bicyclic) bond motifs is 2. The van der Waals surface area contributed by atoms with Crippen molar-refractivity contribution in [3.05, 3.63) is 81.9 Å². The fraction of sp³-hybridized carbons (Fsp3) is 0.455. The maximum atomic E-state index is 14.3. The third-order valence-corrected chi connectivity index (χ3v) is 8.71. The van der Waals surface area contributed by atoms with Crippen LogP contribution in [0.25, 0.3) is 5.57 Å². The first-order valence-corrected chi connectivity index (χ1v) is 14.7. The molecule has 1 N–H and O–H groups in total. The number of aromatic nitrogens is 1. The third kappa shape index (κ3) is 5.75. The molecule has 1 aliphatic carbocycles. The molecule has 0 unspecified atom stereocenters.